The Morgan fingerprint density at radius 3 is 2.75 bits per heavy atom. The van der Waals surface area contributed by atoms with Crippen molar-refractivity contribution in [2.45, 2.75) is 38.9 Å². The summed E-state index contributed by atoms with van der Waals surface area (Å²) < 4.78 is 5.42. The molecule has 2 nitrogen and oxygen atoms in total. The number of ether oxygens (including phenoxy) is 1. The van der Waals surface area contributed by atoms with Crippen LogP contribution < -0.4 is 0 Å². The Balaban J connectivity index is 1.96. The Kier molecular flexibility index (Phi) is 0.885. The maximum absolute atomic E-state index is 11.8. The summed E-state index contributed by atoms with van der Waals surface area (Å²) in [6.07, 6.45) is 1.37. The third-order valence-corrected chi connectivity index (χ3v) is 4.23. The van der Waals surface area contributed by atoms with E-state index in [0.29, 0.717) is 17.6 Å². The second-order valence-electron chi connectivity index (χ2n) is 5.22. The molecule has 1 aliphatic heterocycles. The zero-order valence-electron chi connectivity index (χ0n) is 7.76. The van der Waals surface area contributed by atoms with Crippen LogP contribution in [0.25, 0.3) is 0 Å². The largest absolute Gasteiger partial charge is 0.358 e. The van der Waals surface area contributed by atoms with E-state index in [1.54, 1.807) is 0 Å². The van der Waals surface area contributed by atoms with E-state index in [4.69, 9.17) is 4.74 Å². The molecule has 0 aromatic rings. The first-order valence-electron chi connectivity index (χ1n) is 4.70. The normalized spacial score (nSPS) is 58.9. The minimum Gasteiger partial charge on any atom is -0.358 e. The standard InChI is InChI=1S/C10H14O2/c1-9(2)5-4-6-10(3,12-6)8(11)7(5)9/h5-7H,4H2,1-3H3. The molecule has 0 radical (unpaired) electrons. The minimum absolute atomic E-state index is 0.257. The quantitative estimate of drug-likeness (QED) is 0.509. The van der Waals surface area contributed by atoms with E-state index in [1.165, 1.54) is 0 Å². The number of epoxide rings is 1. The van der Waals surface area contributed by atoms with Crippen LogP contribution in [0.1, 0.15) is 27.2 Å². The van der Waals surface area contributed by atoms with E-state index in [2.05, 4.69) is 13.8 Å². The van der Waals surface area contributed by atoms with Crippen molar-refractivity contribution in [1.82, 2.24) is 0 Å². The fourth-order valence-corrected chi connectivity index (χ4v) is 3.00. The van der Waals surface area contributed by atoms with Crippen LogP contribution >= 0.6 is 0 Å². The second kappa shape index (κ2) is 1.50. The van der Waals surface area contributed by atoms with Gasteiger partial charge in [-0.2, -0.15) is 0 Å². The molecule has 3 fully saturated rings. The van der Waals surface area contributed by atoms with Crippen LogP contribution in [-0.4, -0.2) is 17.5 Å². The van der Waals surface area contributed by atoms with Crippen molar-refractivity contribution >= 4 is 5.78 Å². The average molecular weight is 166 g/mol. The SMILES string of the molecule is CC12OC1CC1C(C2=O)C1(C)C. The molecule has 0 bridgehead atoms. The molecular weight excluding hydrogens is 152 g/mol. The molecule has 1 saturated heterocycles. The van der Waals surface area contributed by atoms with Gasteiger partial charge in [-0.05, 0) is 24.7 Å². The third kappa shape index (κ3) is 0.535. The van der Waals surface area contributed by atoms with E-state index in [-0.39, 0.29) is 17.1 Å². The Bertz CT molecular complexity index is 282. The van der Waals surface area contributed by atoms with Crippen molar-refractivity contribution in [3.05, 3.63) is 0 Å². The smallest absolute Gasteiger partial charge is 0.170 e. The van der Waals surface area contributed by atoms with E-state index in [0.717, 1.165) is 6.42 Å². The summed E-state index contributed by atoms with van der Waals surface area (Å²) in [6, 6.07) is 0. The number of ketones is 1. The molecule has 1 heterocycles. The number of carbonyl (C=O) groups is 1. The lowest BCUT2D eigenvalue weighted by Gasteiger charge is -2.08. The average Bonchev–Trinajstić information content (AvgIpc) is 2.74. The first-order chi connectivity index (χ1) is 5.48. The van der Waals surface area contributed by atoms with Crippen LogP contribution in [0.15, 0.2) is 0 Å². The minimum atomic E-state index is -0.366. The molecule has 3 aliphatic rings. The highest BCUT2D eigenvalue weighted by atomic mass is 16.6. The second-order valence-corrected chi connectivity index (χ2v) is 5.22. The topological polar surface area (TPSA) is 29.6 Å². The van der Waals surface area contributed by atoms with Gasteiger partial charge in [0, 0.05) is 5.92 Å². The van der Waals surface area contributed by atoms with Gasteiger partial charge in [0.25, 0.3) is 0 Å². The fraction of sp³-hybridized carbons (Fsp3) is 0.900. The Morgan fingerprint density at radius 2 is 2.08 bits per heavy atom. The maximum Gasteiger partial charge on any atom is 0.170 e. The summed E-state index contributed by atoms with van der Waals surface area (Å²) in [5, 5.41) is 0. The fourth-order valence-electron chi connectivity index (χ4n) is 3.00. The van der Waals surface area contributed by atoms with Crippen molar-refractivity contribution < 1.29 is 9.53 Å². The van der Waals surface area contributed by atoms with Crippen molar-refractivity contribution in [3.8, 4) is 0 Å². The molecule has 12 heavy (non-hydrogen) atoms. The molecule has 0 spiro atoms. The highest BCUT2D eigenvalue weighted by Crippen LogP contribution is 2.69. The molecule has 2 heteroatoms. The van der Waals surface area contributed by atoms with Gasteiger partial charge in [0.1, 0.15) is 0 Å². The molecule has 0 aromatic heterocycles. The monoisotopic (exact) mass is 166 g/mol. The highest BCUT2D eigenvalue weighted by Gasteiger charge is 2.76. The summed E-state index contributed by atoms with van der Waals surface area (Å²) in [5.41, 5.74) is -0.0915. The molecule has 2 aliphatic carbocycles. The van der Waals surface area contributed by atoms with Gasteiger partial charge in [0.05, 0.1) is 6.10 Å². The van der Waals surface area contributed by atoms with Gasteiger partial charge in [-0.15, -0.1) is 0 Å². The number of carbonyl (C=O) groups excluding carboxylic acids is 1. The Morgan fingerprint density at radius 1 is 1.42 bits per heavy atom. The van der Waals surface area contributed by atoms with Crippen LogP contribution in [0.5, 0.6) is 0 Å². The highest BCUT2D eigenvalue weighted by molar-refractivity contribution is 5.96. The Labute approximate surface area is 72.3 Å². The van der Waals surface area contributed by atoms with Gasteiger partial charge in [-0.3, -0.25) is 4.79 Å². The van der Waals surface area contributed by atoms with E-state index in [1.807, 2.05) is 6.92 Å². The summed E-state index contributed by atoms with van der Waals surface area (Å²) in [6.45, 7) is 6.35. The predicted molar refractivity (Wildman–Crippen MR) is 43.7 cm³/mol. The summed E-state index contributed by atoms with van der Waals surface area (Å²) in [4.78, 5) is 11.8. The zero-order chi connectivity index (χ0) is 8.72. The van der Waals surface area contributed by atoms with Gasteiger partial charge >= 0.3 is 0 Å². The first kappa shape index (κ1) is 7.07. The van der Waals surface area contributed by atoms with Crippen molar-refractivity contribution in [2.75, 3.05) is 0 Å². The van der Waals surface area contributed by atoms with Crippen molar-refractivity contribution in [3.63, 3.8) is 0 Å². The molecule has 0 amide bonds. The van der Waals surface area contributed by atoms with Gasteiger partial charge in [-0.25, -0.2) is 0 Å². The van der Waals surface area contributed by atoms with Crippen LogP contribution in [-0.2, 0) is 9.53 Å². The summed E-state index contributed by atoms with van der Waals surface area (Å²) in [5.74, 6) is 1.29. The lowest BCUT2D eigenvalue weighted by atomic mass is 9.89. The van der Waals surface area contributed by atoms with Gasteiger partial charge in [0.2, 0.25) is 0 Å². The maximum atomic E-state index is 11.8. The van der Waals surface area contributed by atoms with Gasteiger partial charge in [-0.1, -0.05) is 13.8 Å². The van der Waals surface area contributed by atoms with E-state index in [9.17, 15) is 4.79 Å². The molecule has 0 N–H and O–H groups in total. The lowest BCUT2D eigenvalue weighted by molar-refractivity contribution is -0.126. The molecule has 4 unspecified atom stereocenters. The summed E-state index contributed by atoms with van der Waals surface area (Å²) >= 11 is 0. The predicted octanol–water partition coefficient (Wildman–Crippen LogP) is 1.39. The zero-order valence-corrected chi connectivity index (χ0v) is 7.76. The number of hydrogen-bond donors (Lipinski definition) is 0. The first-order valence-corrected chi connectivity index (χ1v) is 4.70. The number of Topliss-reactive ketones (excluding diaryl/α,β-unsaturated/α-hetero) is 1. The third-order valence-electron chi connectivity index (χ3n) is 4.23. The van der Waals surface area contributed by atoms with Crippen molar-refractivity contribution in [2.24, 2.45) is 17.3 Å². The van der Waals surface area contributed by atoms with Crippen LogP contribution in [0.4, 0.5) is 0 Å². The Hall–Kier alpha value is -0.370. The van der Waals surface area contributed by atoms with Gasteiger partial charge < -0.3 is 4.74 Å². The van der Waals surface area contributed by atoms with Gasteiger partial charge in [0.15, 0.2) is 11.4 Å². The molecular formula is C10H14O2. The van der Waals surface area contributed by atoms with Crippen molar-refractivity contribution in [1.29, 1.82) is 0 Å². The molecule has 2 saturated carbocycles. The molecule has 66 valence electrons. The molecule has 0 aromatic carbocycles. The number of rotatable bonds is 0. The van der Waals surface area contributed by atoms with E-state index < -0.39 is 0 Å². The van der Waals surface area contributed by atoms with Crippen LogP contribution in [0.3, 0.4) is 0 Å². The summed E-state index contributed by atoms with van der Waals surface area (Å²) in [7, 11) is 0. The van der Waals surface area contributed by atoms with Crippen LogP contribution in [0, 0.1) is 17.3 Å². The number of hydrogen-bond acceptors (Lipinski definition) is 2. The molecule has 4 atom stereocenters. The number of fused-ring (bicyclic) bond motifs is 2. The van der Waals surface area contributed by atoms with Crippen LogP contribution in [0.2, 0.25) is 0 Å². The molecule has 3 rings (SSSR count). The lowest BCUT2D eigenvalue weighted by Crippen LogP contribution is -2.29. The van der Waals surface area contributed by atoms with E-state index >= 15 is 0 Å².